The summed E-state index contributed by atoms with van der Waals surface area (Å²) in [5.41, 5.74) is 4.29. The molecule has 0 bridgehead atoms. The van der Waals surface area contributed by atoms with Crippen LogP contribution in [0.2, 0.25) is 0 Å². The maximum atomic E-state index is 12.4. The quantitative estimate of drug-likeness (QED) is 0.761. The largest absolute Gasteiger partial charge is 0.368 e. The number of nitrogens with zero attached hydrogens (tertiary/aromatic N) is 2. The van der Waals surface area contributed by atoms with E-state index in [0.29, 0.717) is 13.1 Å². The Balaban J connectivity index is 1.43. The number of amides is 2. The molecule has 0 unspecified atom stereocenters. The van der Waals surface area contributed by atoms with Gasteiger partial charge in [-0.05, 0) is 31.0 Å². The van der Waals surface area contributed by atoms with Crippen LogP contribution in [0.1, 0.15) is 16.7 Å². The van der Waals surface area contributed by atoms with E-state index in [0.717, 1.165) is 24.2 Å². The van der Waals surface area contributed by atoms with Gasteiger partial charge in [-0.2, -0.15) is 0 Å². The van der Waals surface area contributed by atoms with Crippen molar-refractivity contribution in [3.63, 3.8) is 0 Å². The molecule has 0 radical (unpaired) electrons. The van der Waals surface area contributed by atoms with Crippen molar-refractivity contribution in [2.75, 3.05) is 37.6 Å². The third kappa shape index (κ3) is 5.44. The van der Waals surface area contributed by atoms with E-state index in [4.69, 9.17) is 0 Å². The highest BCUT2D eigenvalue weighted by atomic mass is 16.2. The van der Waals surface area contributed by atoms with Crippen molar-refractivity contribution < 1.29 is 14.4 Å². The van der Waals surface area contributed by atoms with Crippen LogP contribution < -0.4 is 10.2 Å². The molecule has 2 amide bonds. The van der Waals surface area contributed by atoms with E-state index in [-0.39, 0.29) is 18.9 Å². The van der Waals surface area contributed by atoms with Crippen LogP contribution in [0, 0.1) is 13.8 Å². The number of anilines is 1. The predicted molar refractivity (Wildman–Crippen MR) is 113 cm³/mol. The SMILES string of the molecule is Cc1ccc(CC(=O)C(=O)NCC(=O)N2CCN(c3ccccc3C)CC2)cc1. The van der Waals surface area contributed by atoms with E-state index in [2.05, 4.69) is 29.3 Å². The lowest BCUT2D eigenvalue weighted by molar-refractivity contribution is -0.139. The number of hydrogen-bond acceptors (Lipinski definition) is 4. The standard InChI is InChI=1S/C23H27N3O3/c1-17-7-9-19(10-8-17)15-21(27)23(29)24-16-22(28)26-13-11-25(12-14-26)20-6-4-3-5-18(20)2/h3-10H,11-16H2,1-2H3,(H,24,29). The Morgan fingerprint density at radius 2 is 1.55 bits per heavy atom. The summed E-state index contributed by atoms with van der Waals surface area (Å²) in [5.74, 6) is -1.41. The first-order valence-electron chi connectivity index (χ1n) is 9.89. The number of para-hydroxylation sites is 1. The van der Waals surface area contributed by atoms with Gasteiger partial charge >= 0.3 is 0 Å². The molecule has 1 aliphatic rings. The fourth-order valence-corrected chi connectivity index (χ4v) is 3.45. The number of nitrogens with one attached hydrogen (secondary N) is 1. The summed E-state index contributed by atoms with van der Waals surface area (Å²) in [7, 11) is 0. The molecule has 2 aromatic rings. The fraction of sp³-hybridized carbons (Fsp3) is 0.348. The molecule has 1 aliphatic heterocycles. The smallest absolute Gasteiger partial charge is 0.288 e. The second-order valence-electron chi connectivity index (χ2n) is 7.42. The summed E-state index contributed by atoms with van der Waals surface area (Å²) < 4.78 is 0. The Labute approximate surface area is 171 Å². The summed E-state index contributed by atoms with van der Waals surface area (Å²) >= 11 is 0. The third-order valence-corrected chi connectivity index (χ3v) is 5.23. The molecule has 29 heavy (non-hydrogen) atoms. The molecule has 1 N–H and O–H groups in total. The van der Waals surface area contributed by atoms with E-state index >= 15 is 0 Å². The van der Waals surface area contributed by atoms with Crippen LogP contribution in [0.3, 0.4) is 0 Å². The Morgan fingerprint density at radius 3 is 2.21 bits per heavy atom. The minimum absolute atomic E-state index is 0.0371. The summed E-state index contributed by atoms with van der Waals surface area (Å²) in [6, 6.07) is 15.7. The van der Waals surface area contributed by atoms with Gasteiger partial charge in [-0.3, -0.25) is 14.4 Å². The second-order valence-corrected chi connectivity index (χ2v) is 7.42. The molecule has 0 aromatic heterocycles. The average molecular weight is 393 g/mol. The Morgan fingerprint density at radius 1 is 0.897 bits per heavy atom. The molecule has 0 saturated carbocycles. The Hall–Kier alpha value is -3.15. The highest BCUT2D eigenvalue weighted by molar-refractivity contribution is 6.36. The lowest BCUT2D eigenvalue weighted by Crippen LogP contribution is -2.51. The van der Waals surface area contributed by atoms with Crippen LogP contribution in [0.25, 0.3) is 0 Å². The number of rotatable bonds is 6. The first kappa shape index (κ1) is 20.6. The van der Waals surface area contributed by atoms with Crippen molar-refractivity contribution in [2.45, 2.75) is 20.3 Å². The van der Waals surface area contributed by atoms with Gasteiger partial charge < -0.3 is 15.1 Å². The maximum Gasteiger partial charge on any atom is 0.288 e. The van der Waals surface area contributed by atoms with E-state index in [1.165, 1.54) is 11.3 Å². The lowest BCUT2D eigenvalue weighted by Gasteiger charge is -2.36. The van der Waals surface area contributed by atoms with Crippen molar-refractivity contribution >= 4 is 23.3 Å². The molecule has 152 valence electrons. The molecular weight excluding hydrogens is 366 g/mol. The molecule has 2 aromatic carbocycles. The van der Waals surface area contributed by atoms with Crippen molar-refractivity contribution in [2.24, 2.45) is 0 Å². The van der Waals surface area contributed by atoms with Gasteiger partial charge in [0.25, 0.3) is 5.91 Å². The molecule has 6 heteroatoms. The number of benzene rings is 2. The fourth-order valence-electron chi connectivity index (χ4n) is 3.45. The highest BCUT2D eigenvalue weighted by Gasteiger charge is 2.23. The topological polar surface area (TPSA) is 69.7 Å². The molecule has 1 fully saturated rings. The van der Waals surface area contributed by atoms with Gasteiger partial charge in [0.2, 0.25) is 11.7 Å². The predicted octanol–water partition coefficient (Wildman–Crippen LogP) is 1.88. The van der Waals surface area contributed by atoms with Gasteiger partial charge in [0.1, 0.15) is 0 Å². The maximum absolute atomic E-state index is 12.4. The van der Waals surface area contributed by atoms with Crippen molar-refractivity contribution in [3.8, 4) is 0 Å². The zero-order valence-corrected chi connectivity index (χ0v) is 17.0. The van der Waals surface area contributed by atoms with Crippen LogP contribution in [-0.2, 0) is 20.8 Å². The molecular formula is C23H27N3O3. The zero-order valence-electron chi connectivity index (χ0n) is 17.0. The van der Waals surface area contributed by atoms with Crippen LogP contribution in [0.15, 0.2) is 48.5 Å². The van der Waals surface area contributed by atoms with E-state index in [9.17, 15) is 14.4 Å². The number of carbonyl (C=O) groups is 3. The number of piperazine rings is 1. The molecule has 1 saturated heterocycles. The zero-order chi connectivity index (χ0) is 20.8. The normalized spacial score (nSPS) is 13.9. The summed E-state index contributed by atoms with van der Waals surface area (Å²) in [4.78, 5) is 40.5. The number of aryl methyl sites for hydroxylation is 2. The highest BCUT2D eigenvalue weighted by Crippen LogP contribution is 2.20. The average Bonchev–Trinajstić information content (AvgIpc) is 2.74. The van der Waals surface area contributed by atoms with Gasteiger partial charge in [0.15, 0.2) is 0 Å². The van der Waals surface area contributed by atoms with Gasteiger partial charge in [0, 0.05) is 38.3 Å². The Kier molecular flexibility index (Phi) is 6.65. The van der Waals surface area contributed by atoms with Crippen molar-refractivity contribution in [1.82, 2.24) is 10.2 Å². The van der Waals surface area contributed by atoms with Crippen LogP contribution in [0.4, 0.5) is 5.69 Å². The minimum Gasteiger partial charge on any atom is -0.368 e. The van der Waals surface area contributed by atoms with Gasteiger partial charge in [0.05, 0.1) is 6.54 Å². The van der Waals surface area contributed by atoms with E-state index in [1.807, 2.05) is 43.3 Å². The Bertz CT molecular complexity index is 884. The molecule has 6 nitrogen and oxygen atoms in total. The van der Waals surface area contributed by atoms with E-state index in [1.54, 1.807) is 4.90 Å². The molecule has 0 spiro atoms. The minimum atomic E-state index is -0.711. The molecule has 1 heterocycles. The number of carbonyl (C=O) groups excluding carboxylic acids is 3. The number of hydrogen-bond donors (Lipinski definition) is 1. The number of ketones is 1. The van der Waals surface area contributed by atoms with Crippen LogP contribution in [0.5, 0.6) is 0 Å². The van der Waals surface area contributed by atoms with Crippen molar-refractivity contribution in [3.05, 3.63) is 65.2 Å². The summed E-state index contributed by atoms with van der Waals surface area (Å²) in [6.07, 6.45) is 0.0371. The lowest BCUT2D eigenvalue weighted by atomic mass is 10.1. The first-order valence-corrected chi connectivity index (χ1v) is 9.89. The molecule has 0 atom stereocenters. The summed E-state index contributed by atoms with van der Waals surface area (Å²) in [5, 5.41) is 2.47. The van der Waals surface area contributed by atoms with Gasteiger partial charge in [-0.1, -0.05) is 48.0 Å². The van der Waals surface area contributed by atoms with Gasteiger partial charge in [-0.25, -0.2) is 0 Å². The van der Waals surface area contributed by atoms with Gasteiger partial charge in [-0.15, -0.1) is 0 Å². The van der Waals surface area contributed by atoms with Crippen LogP contribution in [-0.4, -0.2) is 55.2 Å². The first-order chi connectivity index (χ1) is 13.9. The van der Waals surface area contributed by atoms with Crippen LogP contribution >= 0.6 is 0 Å². The van der Waals surface area contributed by atoms with E-state index < -0.39 is 11.7 Å². The second kappa shape index (κ2) is 9.37. The summed E-state index contributed by atoms with van der Waals surface area (Å²) in [6.45, 7) is 6.58. The number of Topliss-reactive ketones (excluding diaryl/α,β-unsaturated/α-hetero) is 1. The van der Waals surface area contributed by atoms with Crippen molar-refractivity contribution in [1.29, 1.82) is 0 Å². The molecule has 3 rings (SSSR count). The molecule has 0 aliphatic carbocycles. The monoisotopic (exact) mass is 393 g/mol. The third-order valence-electron chi connectivity index (χ3n) is 5.23.